The summed E-state index contributed by atoms with van der Waals surface area (Å²) in [5.41, 5.74) is 5.24. The molecule has 0 radical (unpaired) electrons. The predicted molar refractivity (Wildman–Crippen MR) is 79.8 cm³/mol. The van der Waals surface area contributed by atoms with Crippen molar-refractivity contribution in [3.63, 3.8) is 0 Å². The number of hydrogen-bond acceptors (Lipinski definition) is 3. The Morgan fingerprint density at radius 1 is 1.26 bits per heavy atom. The van der Waals surface area contributed by atoms with Crippen LogP contribution in [0.1, 0.15) is 34.6 Å². The highest BCUT2D eigenvalue weighted by Crippen LogP contribution is 2.09. The van der Waals surface area contributed by atoms with E-state index in [0.29, 0.717) is 5.56 Å². The normalized spacial score (nSPS) is 11.4. The maximum Gasteiger partial charge on any atom is 0.271 e. The molecule has 4 heteroatoms. The number of carbonyl (C=O) groups is 1. The van der Waals surface area contributed by atoms with E-state index >= 15 is 0 Å². The second-order valence-corrected chi connectivity index (χ2v) is 5.11. The van der Waals surface area contributed by atoms with Gasteiger partial charge in [0.25, 0.3) is 5.91 Å². The van der Waals surface area contributed by atoms with Gasteiger partial charge in [-0.3, -0.25) is 4.79 Å². The highest BCUT2D eigenvalue weighted by Gasteiger charge is 2.04. The monoisotopic (exact) mass is 272 g/mol. The minimum absolute atomic E-state index is 0.182. The summed E-state index contributed by atoms with van der Waals surface area (Å²) in [6.45, 7) is 3.97. The number of thiophene rings is 1. The quantitative estimate of drug-likeness (QED) is 0.672. The molecule has 98 valence electrons. The molecule has 0 fully saturated rings. The average Bonchev–Trinajstić information content (AvgIpc) is 2.98. The van der Waals surface area contributed by atoms with Gasteiger partial charge in [0.1, 0.15) is 0 Å². The van der Waals surface area contributed by atoms with Gasteiger partial charge in [0.05, 0.1) is 5.71 Å². The van der Waals surface area contributed by atoms with Gasteiger partial charge in [0.15, 0.2) is 0 Å². The lowest BCUT2D eigenvalue weighted by atomic mass is 10.1. The lowest BCUT2D eigenvalue weighted by Crippen LogP contribution is -2.19. The zero-order valence-electron chi connectivity index (χ0n) is 11.0. The number of rotatable bonds is 4. The first kappa shape index (κ1) is 13.5. The highest BCUT2D eigenvalue weighted by molar-refractivity contribution is 7.12. The third-order valence-corrected chi connectivity index (χ3v) is 3.81. The summed E-state index contributed by atoms with van der Waals surface area (Å²) in [4.78, 5) is 13.0. The molecular formula is C15H16N2OS. The molecule has 1 N–H and O–H groups in total. The summed E-state index contributed by atoms with van der Waals surface area (Å²) < 4.78 is 0. The number of hydrogen-bond donors (Lipinski definition) is 1. The maximum atomic E-state index is 11.9. The molecule has 0 saturated carbocycles. The van der Waals surface area contributed by atoms with E-state index in [2.05, 4.69) is 17.5 Å². The summed E-state index contributed by atoms with van der Waals surface area (Å²) >= 11 is 1.60. The van der Waals surface area contributed by atoms with E-state index in [-0.39, 0.29) is 5.91 Å². The Morgan fingerprint density at radius 2 is 2.00 bits per heavy atom. The summed E-state index contributed by atoms with van der Waals surface area (Å²) in [5, 5.41) is 6.10. The van der Waals surface area contributed by atoms with Crippen molar-refractivity contribution in [2.45, 2.75) is 20.3 Å². The Bertz CT molecular complexity index is 571. The zero-order valence-corrected chi connectivity index (χ0v) is 11.8. The molecular weight excluding hydrogens is 256 g/mol. The van der Waals surface area contributed by atoms with E-state index in [4.69, 9.17) is 0 Å². The minimum Gasteiger partial charge on any atom is -0.267 e. The van der Waals surface area contributed by atoms with E-state index in [9.17, 15) is 4.79 Å². The molecule has 19 heavy (non-hydrogen) atoms. The van der Waals surface area contributed by atoms with Crippen LogP contribution in [-0.2, 0) is 6.42 Å². The molecule has 0 bridgehead atoms. The Morgan fingerprint density at radius 3 is 2.58 bits per heavy atom. The molecule has 0 unspecified atom stereocenters. The largest absolute Gasteiger partial charge is 0.271 e. The van der Waals surface area contributed by atoms with Crippen molar-refractivity contribution in [1.82, 2.24) is 5.43 Å². The molecule has 2 rings (SSSR count). The lowest BCUT2D eigenvalue weighted by molar-refractivity contribution is 0.0955. The molecule has 0 spiro atoms. The van der Waals surface area contributed by atoms with Crippen molar-refractivity contribution in [2.24, 2.45) is 5.10 Å². The number of hydrazone groups is 1. The number of nitrogens with one attached hydrogen (secondary N) is 1. The molecule has 0 aliphatic carbocycles. The van der Waals surface area contributed by atoms with Gasteiger partial charge < -0.3 is 0 Å². The fraction of sp³-hybridized carbons (Fsp3) is 0.200. The first-order chi connectivity index (χ1) is 9.20. The van der Waals surface area contributed by atoms with Crippen LogP contribution in [0.4, 0.5) is 0 Å². The van der Waals surface area contributed by atoms with Gasteiger partial charge in [0.2, 0.25) is 0 Å². The molecule has 0 aliphatic rings. The number of carbonyl (C=O) groups excluding carboxylic acids is 1. The topological polar surface area (TPSA) is 41.5 Å². The standard InChI is InChI=1S/C15H16N2OS/c1-3-12-6-8-13(9-7-12)15(18)17-16-11(2)14-5-4-10-19-14/h4-10H,3H2,1-2H3,(H,17,18)/b16-11-. The van der Waals surface area contributed by atoms with Gasteiger partial charge in [-0.05, 0) is 42.5 Å². The fourth-order valence-electron chi connectivity index (χ4n) is 1.63. The Kier molecular flexibility index (Phi) is 4.47. The second kappa shape index (κ2) is 6.29. The van der Waals surface area contributed by atoms with Crippen LogP contribution in [-0.4, -0.2) is 11.6 Å². The molecule has 1 amide bonds. The lowest BCUT2D eigenvalue weighted by Gasteiger charge is -2.02. The molecule has 2 aromatic rings. The average molecular weight is 272 g/mol. The van der Waals surface area contributed by atoms with E-state index < -0.39 is 0 Å². The summed E-state index contributed by atoms with van der Waals surface area (Å²) in [5.74, 6) is -0.182. The predicted octanol–water partition coefficient (Wildman–Crippen LogP) is 3.46. The van der Waals surface area contributed by atoms with Crippen molar-refractivity contribution >= 4 is 23.0 Å². The van der Waals surface area contributed by atoms with Crippen LogP contribution in [0.25, 0.3) is 0 Å². The summed E-state index contributed by atoms with van der Waals surface area (Å²) in [6.07, 6.45) is 0.970. The van der Waals surface area contributed by atoms with Crippen molar-refractivity contribution in [2.75, 3.05) is 0 Å². The first-order valence-corrected chi connectivity index (χ1v) is 7.06. The Hall–Kier alpha value is -1.94. The van der Waals surface area contributed by atoms with Gasteiger partial charge in [0, 0.05) is 10.4 Å². The minimum atomic E-state index is -0.182. The maximum absolute atomic E-state index is 11.9. The second-order valence-electron chi connectivity index (χ2n) is 4.17. The third kappa shape index (κ3) is 3.51. The first-order valence-electron chi connectivity index (χ1n) is 6.18. The van der Waals surface area contributed by atoms with Crippen molar-refractivity contribution < 1.29 is 4.79 Å². The number of amides is 1. The van der Waals surface area contributed by atoms with E-state index in [1.54, 1.807) is 11.3 Å². The molecule has 0 saturated heterocycles. The van der Waals surface area contributed by atoms with Crippen LogP contribution in [0.2, 0.25) is 0 Å². The summed E-state index contributed by atoms with van der Waals surface area (Å²) in [7, 11) is 0. The third-order valence-electron chi connectivity index (χ3n) is 2.83. The van der Waals surface area contributed by atoms with Crippen LogP contribution >= 0.6 is 11.3 Å². The van der Waals surface area contributed by atoms with Gasteiger partial charge in [-0.15, -0.1) is 11.3 Å². The zero-order chi connectivity index (χ0) is 13.7. The van der Waals surface area contributed by atoms with Gasteiger partial charge in [-0.1, -0.05) is 25.1 Å². The molecule has 0 aliphatic heterocycles. The van der Waals surface area contributed by atoms with Crippen LogP contribution in [0.5, 0.6) is 0 Å². The molecule has 0 atom stereocenters. The molecule has 1 aromatic heterocycles. The number of nitrogens with zero attached hydrogens (tertiary/aromatic N) is 1. The summed E-state index contributed by atoms with van der Waals surface area (Å²) in [6, 6.07) is 11.5. The molecule has 1 aromatic carbocycles. The van der Waals surface area contributed by atoms with Gasteiger partial charge >= 0.3 is 0 Å². The van der Waals surface area contributed by atoms with Crippen molar-refractivity contribution in [3.05, 3.63) is 57.8 Å². The number of benzene rings is 1. The van der Waals surface area contributed by atoms with E-state index in [1.807, 2.05) is 48.7 Å². The molecule has 3 nitrogen and oxygen atoms in total. The van der Waals surface area contributed by atoms with Crippen LogP contribution in [0, 0.1) is 0 Å². The van der Waals surface area contributed by atoms with Crippen molar-refractivity contribution in [3.8, 4) is 0 Å². The van der Waals surface area contributed by atoms with Crippen molar-refractivity contribution in [1.29, 1.82) is 0 Å². The Labute approximate surface area is 117 Å². The smallest absolute Gasteiger partial charge is 0.267 e. The Balaban J connectivity index is 2.02. The van der Waals surface area contributed by atoms with Gasteiger partial charge in [-0.25, -0.2) is 5.43 Å². The van der Waals surface area contributed by atoms with E-state index in [0.717, 1.165) is 17.0 Å². The van der Waals surface area contributed by atoms with Crippen LogP contribution < -0.4 is 5.43 Å². The SMILES string of the molecule is CCc1ccc(C(=O)N/N=C(/C)c2cccs2)cc1. The molecule has 1 heterocycles. The number of aryl methyl sites for hydroxylation is 1. The fourth-order valence-corrected chi connectivity index (χ4v) is 2.31. The highest BCUT2D eigenvalue weighted by atomic mass is 32.1. The van der Waals surface area contributed by atoms with Crippen LogP contribution in [0.3, 0.4) is 0 Å². The van der Waals surface area contributed by atoms with Crippen LogP contribution in [0.15, 0.2) is 46.9 Å². The van der Waals surface area contributed by atoms with Gasteiger partial charge in [-0.2, -0.15) is 5.10 Å². The van der Waals surface area contributed by atoms with E-state index in [1.165, 1.54) is 5.56 Å².